The lowest BCUT2D eigenvalue weighted by molar-refractivity contribution is 0.148. The summed E-state index contributed by atoms with van der Waals surface area (Å²) in [5.41, 5.74) is 0.980. The Balaban J connectivity index is 1.70. The Kier molecular flexibility index (Phi) is 6.07. The van der Waals surface area contributed by atoms with Crippen LogP contribution >= 0.6 is 0 Å². The van der Waals surface area contributed by atoms with Crippen LogP contribution in [-0.4, -0.2) is 63.2 Å². The van der Waals surface area contributed by atoms with E-state index in [1.807, 2.05) is 6.08 Å². The van der Waals surface area contributed by atoms with Crippen LogP contribution in [0.5, 0.6) is 0 Å². The molecule has 0 saturated carbocycles. The number of sulfonamides is 1. The lowest BCUT2D eigenvalue weighted by atomic mass is 10.2. The molecular weight excluding hydrogens is 305 g/mol. The van der Waals surface area contributed by atoms with Crippen LogP contribution in [0, 0.1) is 5.82 Å². The summed E-state index contributed by atoms with van der Waals surface area (Å²) in [5.74, 6) is -0.218. The summed E-state index contributed by atoms with van der Waals surface area (Å²) in [6.07, 6.45) is 4.04. The van der Waals surface area contributed by atoms with E-state index in [1.165, 1.54) is 12.1 Å². The monoisotopic (exact) mass is 327 g/mol. The first-order chi connectivity index (χ1) is 10.4. The van der Waals surface area contributed by atoms with E-state index in [0.717, 1.165) is 38.3 Å². The van der Waals surface area contributed by atoms with Crippen molar-refractivity contribution in [2.75, 3.05) is 45.0 Å². The molecule has 1 aliphatic heterocycles. The number of rotatable bonds is 6. The lowest BCUT2D eigenvalue weighted by Gasteiger charge is -2.33. The molecule has 0 unspecified atom stereocenters. The zero-order chi connectivity index (χ0) is 16.0. The largest absolute Gasteiger partial charge is 0.300 e. The first-order valence-electron chi connectivity index (χ1n) is 7.30. The third-order valence-electron chi connectivity index (χ3n) is 3.70. The highest BCUT2D eigenvalue weighted by Gasteiger charge is 2.16. The maximum atomic E-state index is 12.8. The van der Waals surface area contributed by atoms with Gasteiger partial charge in [-0.05, 0) is 17.7 Å². The van der Waals surface area contributed by atoms with Gasteiger partial charge in [-0.25, -0.2) is 17.9 Å². The summed E-state index contributed by atoms with van der Waals surface area (Å²) in [6.45, 7) is 4.83. The highest BCUT2D eigenvalue weighted by molar-refractivity contribution is 7.89. The molecule has 0 radical (unpaired) electrons. The molecule has 0 bridgehead atoms. The molecule has 1 aromatic rings. The molecule has 1 aromatic carbocycles. The Bertz CT molecular complexity index is 594. The number of nitrogens with two attached hydrogens (primary N) is 1. The van der Waals surface area contributed by atoms with Gasteiger partial charge in [0, 0.05) is 39.3 Å². The van der Waals surface area contributed by atoms with Crippen molar-refractivity contribution in [3.8, 4) is 0 Å². The molecule has 0 atom stereocenters. The van der Waals surface area contributed by atoms with E-state index >= 15 is 0 Å². The Hall–Kier alpha value is -1.28. The quantitative estimate of drug-likeness (QED) is 0.837. The molecule has 5 nitrogen and oxygen atoms in total. The summed E-state index contributed by atoms with van der Waals surface area (Å²) < 4.78 is 34.7. The summed E-state index contributed by atoms with van der Waals surface area (Å²) >= 11 is 0. The van der Waals surface area contributed by atoms with Crippen LogP contribution < -0.4 is 5.14 Å². The van der Waals surface area contributed by atoms with Crippen LogP contribution in [0.15, 0.2) is 30.3 Å². The van der Waals surface area contributed by atoms with E-state index in [-0.39, 0.29) is 11.6 Å². The fraction of sp³-hybridized carbons (Fsp3) is 0.467. The maximum absolute atomic E-state index is 12.8. The number of halogens is 1. The molecule has 1 heterocycles. The first kappa shape index (κ1) is 17.1. The van der Waals surface area contributed by atoms with Crippen LogP contribution in [0.3, 0.4) is 0 Å². The van der Waals surface area contributed by atoms with Crippen molar-refractivity contribution in [3.05, 3.63) is 41.7 Å². The van der Waals surface area contributed by atoms with Gasteiger partial charge in [0.05, 0.1) is 5.75 Å². The zero-order valence-electron chi connectivity index (χ0n) is 12.5. The fourth-order valence-corrected chi connectivity index (χ4v) is 2.88. The van der Waals surface area contributed by atoms with E-state index in [9.17, 15) is 12.8 Å². The number of primary sulfonamides is 1. The molecule has 1 fully saturated rings. The van der Waals surface area contributed by atoms with E-state index in [0.29, 0.717) is 6.54 Å². The lowest BCUT2D eigenvalue weighted by Crippen LogP contribution is -2.47. The topological polar surface area (TPSA) is 66.6 Å². The van der Waals surface area contributed by atoms with Crippen molar-refractivity contribution >= 4 is 16.1 Å². The predicted molar refractivity (Wildman–Crippen MR) is 86.3 cm³/mol. The third-order valence-corrected chi connectivity index (χ3v) is 4.45. The second kappa shape index (κ2) is 7.82. The number of hydrogen-bond acceptors (Lipinski definition) is 4. The highest BCUT2D eigenvalue weighted by atomic mass is 32.2. The first-order valence-corrected chi connectivity index (χ1v) is 9.01. The minimum absolute atomic E-state index is 0.0114. The minimum atomic E-state index is -3.38. The summed E-state index contributed by atoms with van der Waals surface area (Å²) in [6, 6.07) is 6.39. The SMILES string of the molecule is NS(=O)(=O)CCN1CCN(CC=Cc2ccc(F)cc2)CC1. The molecule has 0 aromatic heterocycles. The minimum Gasteiger partial charge on any atom is -0.300 e. The highest BCUT2D eigenvalue weighted by Crippen LogP contribution is 2.06. The second-order valence-electron chi connectivity index (χ2n) is 5.46. The van der Waals surface area contributed by atoms with Crippen LogP contribution in [0.2, 0.25) is 0 Å². The van der Waals surface area contributed by atoms with Gasteiger partial charge in [-0.3, -0.25) is 9.80 Å². The molecule has 0 aliphatic carbocycles. The fourth-order valence-electron chi connectivity index (χ4n) is 2.36. The van der Waals surface area contributed by atoms with Crippen LogP contribution in [0.25, 0.3) is 6.08 Å². The van der Waals surface area contributed by atoms with Gasteiger partial charge in [-0.2, -0.15) is 0 Å². The maximum Gasteiger partial charge on any atom is 0.210 e. The predicted octanol–water partition coefficient (Wildman–Crippen LogP) is 0.745. The number of hydrogen-bond donors (Lipinski definition) is 1. The Morgan fingerprint density at radius 1 is 1.09 bits per heavy atom. The molecular formula is C15H22FN3O2S. The van der Waals surface area contributed by atoms with E-state index < -0.39 is 10.0 Å². The molecule has 1 saturated heterocycles. The Labute approximate surface area is 131 Å². The van der Waals surface area contributed by atoms with Gasteiger partial charge in [-0.1, -0.05) is 24.3 Å². The zero-order valence-corrected chi connectivity index (χ0v) is 13.3. The van der Waals surface area contributed by atoms with Gasteiger partial charge in [0.2, 0.25) is 10.0 Å². The molecule has 0 spiro atoms. The Morgan fingerprint density at radius 3 is 2.27 bits per heavy atom. The van der Waals surface area contributed by atoms with Crippen molar-refractivity contribution < 1.29 is 12.8 Å². The van der Waals surface area contributed by atoms with Crippen molar-refractivity contribution in [1.29, 1.82) is 0 Å². The molecule has 7 heteroatoms. The number of piperazine rings is 1. The van der Waals surface area contributed by atoms with Gasteiger partial charge in [0.25, 0.3) is 0 Å². The van der Waals surface area contributed by atoms with E-state index in [4.69, 9.17) is 5.14 Å². The van der Waals surface area contributed by atoms with Crippen molar-refractivity contribution in [1.82, 2.24) is 9.80 Å². The van der Waals surface area contributed by atoms with Gasteiger partial charge < -0.3 is 0 Å². The van der Waals surface area contributed by atoms with Gasteiger partial charge in [0.1, 0.15) is 5.82 Å². The van der Waals surface area contributed by atoms with Crippen molar-refractivity contribution in [2.24, 2.45) is 5.14 Å². The molecule has 2 rings (SSSR count). The average molecular weight is 327 g/mol. The van der Waals surface area contributed by atoms with E-state index in [1.54, 1.807) is 12.1 Å². The van der Waals surface area contributed by atoms with Gasteiger partial charge in [-0.15, -0.1) is 0 Å². The number of nitrogens with zero attached hydrogens (tertiary/aromatic N) is 2. The van der Waals surface area contributed by atoms with Crippen LogP contribution in [-0.2, 0) is 10.0 Å². The van der Waals surface area contributed by atoms with Gasteiger partial charge in [0.15, 0.2) is 0 Å². The Morgan fingerprint density at radius 2 is 1.68 bits per heavy atom. The van der Waals surface area contributed by atoms with E-state index in [2.05, 4.69) is 15.9 Å². The summed E-state index contributed by atoms with van der Waals surface area (Å²) in [7, 11) is -3.38. The molecule has 122 valence electrons. The smallest absolute Gasteiger partial charge is 0.210 e. The summed E-state index contributed by atoms with van der Waals surface area (Å²) in [5, 5.41) is 5.01. The summed E-state index contributed by atoms with van der Waals surface area (Å²) in [4.78, 5) is 4.41. The molecule has 1 aliphatic rings. The molecule has 2 N–H and O–H groups in total. The average Bonchev–Trinajstić information content (AvgIpc) is 2.48. The van der Waals surface area contributed by atoms with Crippen LogP contribution in [0.4, 0.5) is 4.39 Å². The molecule has 0 amide bonds. The normalized spacial score (nSPS) is 18.1. The number of benzene rings is 1. The second-order valence-corrected chi connectivity index (χ2v) is 7.20. The standard InChI is InChI=1S/C15H22FN3O2S/c16-15-5-3-14(4-6-15)2-1-7-18-8-10-19(11-9-18)12-13-22(17,20)21/h1-6H,7-13H2,(H2,17,20,21). The van der Waals surface area contributed by atoms with Crippen molar-refractivity contribution in [2.45, 2.75) is 0 Å². The van der Waals surface area contributed by atoms with Gasteiger partial charge >= 0.3 is 0 Å². The van der Waals surface area contributed by atoms with Crippen molar-refractivity contribution in [3.63, 3.8) is 0 Å². The van der Waals surface area contributed by atoms with Crippen LogP contribution in [0.1, 0.15) is 5.56 Å². The molecule has 22 heavy (non-hydrogen) atoms. The third kappa shape index (κ3) is 6.23.